The van der Waals surface area contributed by atoms with Crippen molar-refractivity contribution in [2.45, 2.75) is 32.7 Å². The lowest BCUT2D eigenvalue weighted by atomic mass is 9.96. The lowest BCUT2D eigenvalue weighted by Gasteiger charge is -2.30. The van der Waals surface area contributed by atoms with Crippen LogP contribution < -0.4 is 11.1 Å². The van der Waals surface area contributed by atoms with Gasteiger partial charge >= 0.3 is 0 Å². The van der Waals surface area contributed by atoms with Crippen LogP contribution >= 0.6 is 0 Å². The Morgan fingerprint density at radius 1 is 1.45 bits per heavy atom. The molecule has 1 amide bonds. The summed E-state index contributed by atoms with van der Waals surface area (Å²) >= 11 is 0. The number of nitrogens with two attached hydrogens (primary N) is 1. The number of hydrogen-bond acceptors (Lipinski definition) is 4. The zero-order valence-electron chi connectivity index (χ0n) is 12.1. The first-order valence-electron chi connectivity index (χ1n) is 7.40. The summed E-state index contributed by atoms with van der Waals surface area (Å²) in [6.07, 6.45) is 2.82. The second-order valence-electron chi connectivity index (χ2n) is 5.39. The van der Waals surface area contributed by atoms with Crippen LogP contribution in [0.15, 0.2) is 18.2 Å². The van der Waals surface area contributed by atoms with Crippen molar-refractivity contribution in [3.63, 3.8) is 0 Å². The number of amides is 1. The zero-order chi connectivity index (χ0) is 14.4. The summed E-state index contributed by atoms with van der Waals surface area (Å²) in [7, 11) is 0. The van der Waals surface area contributed by atoms with E-state index in [2.05, 4.69) is 28.2 Å². The molecule has 0 aromatic carbocycles. The van der Waals surface area contributed by atoms with Gasteiger partial charge in [0.1, 0.15) is 5.82 Å². The van der Waals surface area contributed by atoms with E-state index in [0.29, 0.717) is 0 Å². The Balaban J connectivity index is 1.86. The summed E-state index contributed by atoms with van der Waals surface area (Å²) in [6.45, 7) is 5.76. The minimum absolute atomic E-state index is 0.0526. The zero-order valence-corrected chi connectivity index (χ0v) is 12.1. The van der Waals surface area contributed by atoms with E-state index in [9.17, 15) is 4.79 Å². The third-order valence-corrected chi connectivity index (χ3v) is 3.74. The van der Waals surface area contributed by atoms with Crippen LogP contribution in [0.25, 0.3) is 0 Å². The first kappa shape index (κ1) is 14.8. The standard InChI is InChI=1S/C15H24N4O/c1-2-8-17-14-5-3-4-13(18-14)11-19-9-6-12(7-10-19)15(16)20/h3-5,12H,2,6-11H2,1H3,(H2,16,20)(H,17,18). The molecule has 1 aliphatic rings. The van der Waals surface area contributed by atoms with Crippen LogP contribution in [0, 0.1) is 5.92 Å². The van der Waals surface area contributed by atoms with Crippen molar-refractivity contribution in [3.05, 3.63) is 23.9 Å². The average Bonchev–Trinajstić information content (AvgIpc) is 2.46. The fraction of sp³-hybridized carbons (Fsp3) is 0.600. The van der Waals surface area contributed by atoms with Gasteiger partial charge in [0.2, 0.25) is 5.91 Å². The Hall–Kier alpha value is -1.62. The van der Waals surface area contributed by atoms with Gasteiger partial charge in [-0.15, -0.1) is 0 Å². The highest BCUT2D eigenvalue weighted by molar-refractivity contribution is 5.76. The monoisotopic (exact) mass is 276 g/mol. The number of anilines is 1. The maximum atomic E-state index is 11.1. The lowest BCUT2D eigenvalue weighted by molar-refractivity contribution is -0.123. The molecule has 1 aromatic rings. The van der Waals surface area contributed by atoms with E-state index in [-0.39, 0.29) is 11.8 Å². The van der Waals surface area contributed by atoms with E-state index < -0.39 is 0 Å². The third kappa shape index (κ3) is 4.20. The number of aromatic nitrogens is 1. The quantitative estimate of drug-likeness (QED) is 0.828. The van der Waals surface area contributed by atoms with Crippen LogP contribution in [0.1, 0.15) is 31.9 Å². The molecule has 1 aliphatic heterocycles. The molecular weight excluding hydrogens is 252 g/mol. The van der Waals surface area contributed by atoms with E-state index >= 15 is 0 Å². The number of nitrogens with zero attached hydrogens (tertiary/aromatic N) is 2. The number of piperidine rings is 1. The minimum atomic E-state index is -0.159. The fourth-order valence-corrected chi connectivity index (χ4v) is 2.52. The minimum Gasteiger partial charge on any atom is -0.370 e. The number of rotatable bonds is 6. The molecule has 1 fully saturated rings. The molecule has 0 unspecified atom stereocenters. The molecule has 3 N–H and O–H groups in total. The first-order valence-corrected chi connectivity index (χ1v) is 7.40. The molecule has 0 bridgehead atoms. The topological polar surface area (TPSA) is 71.2 Å². The van der Waals surface area contributed by atoms with Gasteiger partial charge in [0, 0.05) is 19.0 Å². The van der Waals surface area contributed by atoms with E-state index in [1.807, 2.05) is 12.1 Å². The van der Waals surface area contributed by atoms with Gasteiger partial charge in [0.15, 0.2) is 0 Å². The molecule has 0 radical (unpaired) electrons. The van der Waals surface area contributed by atoms with E-state index in [1.165, 1.54) is 0 Å². The Labute approximate surface area is 120 Å². The number of carbonyl (C=O) groups excluding carboxylic acids is 1. The number of hydrogen-bond donors (Lipinski definition) is 2. The maximum Gasteiger partial charge on any atom is 0.220 e. The van der Waals surface area contributed by atoms with Crippen LogP contribution in [0.5, 0.6) is 0 Å². The Morgan fingerprint density at radius 3 is 2.85 bits per heavy atom. The SMILES string of the molecule is CCCNc1cccc(CN2CCC(C(N)=O)CC2)n1. The normalized spacial score (nSPS) is 17.1. The molecule has 20 heavy (non-hydrogen) atoms. The van der Waals surface area contributed by atoms with Crippen molar-refractivity contribution in [3.8, 4) is 0 Å². The first-order chi connectivity index (χ1) is 9.69. The highest BCUT2D eigenvalue weighted by Gasteiger charge is 2.23. The summed E-state index contributed by atoms with van der Waals surface area (Å²) < 4.78 is 0. The molecule has 0 spiro atoms. The molecule has 1 aromatic heterocycles. The summed E-state index contributed by atoms with van der Waals surface area (Å²) in [5.74, 6) is 0.835. The number of likely N-dealkylation sites (tertiary alicyclic amines) is 1. The number of pyridine rings is 1. The van der Waals surface area contributed by atoms with Crippen LogP contribution in [0.3, 0.4) is 0 Å². The average molecular weight is 276 g/mol. The molecule has 1 saturated heterocycles. The predicted molar refractivity (Wildman–Crippen MR) is 80.2 cm³/mol. The fourth-order valence-electron chi connectivity index (χ4n) is 2.52. The van der Waals surface area contributed by atoms with Crippen molar-refractivity contribution in [2.24, 2.45) is 11.7 Å². The van der Waals surface area contributed by atoms with Crippen molar-refractivity contribution >= 4 is 11.7 Å². The van der Waals surface area contributed by atoms with Crippen LogP contribution in [0.2, 0.25) is 0 Å². The van der Waals surface area contributed by atoms with Crippen molar-refractivity contribution in [1.29, 1.82) is 0 Å². The summed E-state index contributed by atoms with van der Waals surface area (Å²) in [4.78, 5) is 18.1. The third-order valence-electron chi connectivity index (χ3n) is 3.74. The van der Waals surface area contributed by atoms with Gasteiger partial charge in [-0.1, -0.05) is 13.0 Å². The van der Waals surface area contributed by atoms with Crippen molar-refractivity contribution in [2.75, 3.05) is 25.0 Å². The Bertz CT molecular complexity index is 441. The van der Waals surface area contributed by atoms with Gasteiger partial charge in [-0.2, -0.15) is 0 Å². The highest BCUT2D eigenvalue weighted by atomic mass is 16.1. The second-order valence-corrected chi connectivity index (χ2v) is 5.39. The van der Waals surface area contributed by atoms with E-state index in [0.717, 1.165) is 57.0 Å². The van der Waals surface area contributed by atoms with Gasteiger partial charge in [0.25, 0.3) is 0 Å². The molecule has 5 nitrogen and oxygen atoms in total. The highest BCUT2D eigenvalue weighted by Crippen LogP contribution is 2.18. The summed E-state index contributed by atoms with van der Waals surface area (Å²) in [6, 6.07) is 6.09. The molecule has 2 rings (SSSR count). The van der Waals surface area contributed by atoms with Gasteiger partial charge < -0.3 is 11.1 Å². The predicted octanol–water partition coefficient (Wildman–Crippen LogP) is 1.60. The Morgan fingerprint density at radius 2 is 2.20 bits per heavy atom. The maximum absolute atomic E-state index is 11.1. The van der Waals surface area contributed by atoms with Gasteiger partial charge in [-0.05, 0) is 44.5 Å². The van der Waals surface area contributed by atoms with Crippen LogP contribution in [0.4, 0.5) is 5.82 Å². The van der Waals surface area contributed by atoms with Crippen LogP contribution in [-0.2, 0) is 11.3 Å². The van der Waals surface area contributed by atoms with Crippen molar-refractivity contribution < 1.29 is 4.79 Å². The van der Waals surface area contributed by atoms with Gasteiger partial charge in [-0.25, -0.2) is 4.98 Å². The molecule has 0 aliphatic carbocycles. The molecular formula is C15H24N4O. The lowest BCUT2D eigenvalue weighted by Crippen LogP contribution is -2.38. The second kappa shape index (κ2) is 7.24. The van der Waals surface area contributed by atoms with Crippen LogP contribution in [-0.4, -0.2) is 35.4 Å². The summed E-state index contributed by atoms with van der Waals surface area (Å²) in [5, 5.41) is 3.30. The molecule has 110 valence electrons. The number of carbonyl (C=O) groups is 1. The van der Waals surface area contributed by atoms with Crippen molar-refractivity contribution in [1.82, 2.24) is 9.88 Å². The smallest absolute Gasteiger partial charge is 0.220 e. The molecule has 5 heteroatoms. The number of nitrogens with one attached hydrogen (secondary N) is 1. The molecule has 0 saturated carbocycles. The Kier molecular flexibility index (Phi) is 5.35. The van der Waals surface area contributed by atoms with E-state index in [1.54, 1.807) is 0 Å². The van der Waals surface area contributed by atoms with E-state index in [4.69, 9.17) is 5.73 Å². The van der Waals surface area contributed by atoms with Gasteiger partial charge in [-0.3, -0.25) is 9.69 Å². The van der Waals surface area contributed by atoms with Gasteiger partial charge in [0.05, 0.1) is 5.69 Å². The summed E-state index contributed by atoms with van der Waals surface area (Å²) in [5.41, 5.74) is 6.43. The number of primary amides is 1. The molecule has 2 heterocycles. The largest absolute Gasteiger partial charge is 0.370 e. The molecule has 0 atom stereocenters.